The predicted octanol–water partition coefficient (Wildman–Crippen LogP) is 2.33. The van der Waals surface area contributed by atoms with E-state index in [1.807, 2.05) is 24.3 Å². The topological polar surface area (TPSA) is 106 Å². The zero-order chi connectivity index (χ0) is 19.1. The summed E-state index contributed by atoms with van der Waals surface area (Å²) in [6.45, 7) is 0.0663. The van der Waals surface area contributed by atoms with Crippen molar-refractivity contribution in [3.05, 3.63) is 59.4 Å². The van der Waals surface area contributed by atoms with Crippen LogP contribution in [-0.2, 0) is 27.3 Å². The third-order valence-corrected chi connectivity index (χ3v) is 4.50. The molecule has 0 fully saturated rings. The van der Waals surface area contributed by atoms with E-state index in [2.05, 4.69) is 15.6 Å². The average Bonchev–Trinajstić information content (AvgIpc) is 2.67. The lowest BCUT2D eigenvalue weighted by Crippen LogP contribution is -2.35. The minimum Gasteiger partial charge on any atom is -0.399 e. The van der Waals surface area contributed by atoms with Crippen LogP contribution in [-0.4, -0.2) is 30.0 Å². The van der Waals surface area contributed by atoms with Gasteiger partial charge in [0.05, 0.1) is 6.04 Å². The van der Waals surface area contributed by atoms with Crippen LogP contribution >= 0.6 is 24.8 Å². The van der Waals surface area contributed by atoms with E-state index in [1.165, 1.54) is 5.56 Å². The standard InChI is InChI=1S/C20H24N4O3.2ClH/c21-16-6-7-17-15(9-16)4-1-5-18(17)24-20(26)13-27-12-19(25)23-11-14-3-2-8-22-10-14;;/h2-3,6-10,18H,1,4-5,11-13,21H2,(H,23,25)(H,24,26);2*1H. The molecule has 1 aliphatic carbocycles. The SMILES string of the molecule is Cl.Cl.Nc1ccc2c(c1)CCCC2NC(=O)COCC(=O)NCc1cccnc1. The summed E-state index contributed by atoms with van der Waals surface area (Å²) < 4.78 is 5.23. The lowest BCUT2D eigenvalue weighted by molar-refractivity contribution is -0.131. The number of nitrogens with two attached hydrogens (primary N) is 1. The van der Waals surface area contributed by atoms with Gasteiger partial charge in [-0.05, 0) is 54.2 Å². The number of hydrogen-bond acceptors (Lipinski definition) is 5. The Kier molecular flexibility index (Phi) is 10.4. The van der Waals surface area contributed by atoms with Crippen molar-refractivity contribution in [2.45, 2.75) is 31.8 Å². The normalized spacial score (nSPS) is 14.6. The molecule has 9 heteroatoms. The molecule has 1 heterocycles. The van der Waals surface area contributed by atoms with Crippen molar-refractivity contribution < 1.29 is 14.3 Å². The third kappa shape index (κ3) is 7.53. The van der Waals surface area contributed by atoms with Crippen LogP contribution in [0.15, 0.2) is 42.7 Å². The summed E-state index contributed by atoms with van der Waals surface area (Å²) in [6, 6.07) is 9.44. The molecule has 158 valence electrons. The fourth-order valence-corrected chi connectivity index (χ4v) is 3.21. The van der Waals surface area contributed by atoms with Crippen LogP contribution in [0.25, 0.3) is 0 Å². The van der Waals surface area contributed by atoms with Crippen LogP contribution < -0.4 is 16.4 Å². The molecule has 4 N–H and O–H groups in total. The Hall–Kier alpha value is -2.35. The van der Waals surface area contributed by atoms with Crippen LogP contribution in [0.1, 0.15) is 35.6 Å². The van der Waals surface area contributed by atoms with Gasteiger partial charge in [-0.15, -0.1) is 24.8 Å². The summed E-state index contributed by atoms with van der Waals surface area (Å²) in [5.74, 6) is -0.505. The van der Waals surface area contributed by atoms with Gasteiger partial charge in [0.1, 0.15) is 13.2 Å². The largest absolute Gasteiger partial charge is 0.399 e. The van der Waals surface area contributed by atoms with E-state index in [9.17, 15) is 9.59 Å². The molecule has 0 bridgehead atoms. The van der Waals surface area contributed by atoms with Gasteiger partial charge in [-0.25, -0.2) is 0 Å². The van der Waals surface area contributed by atoms with Crippen molar-refractivity contribution in [2.75, 3.05) is 18.9 Å². The highest BCUT2D eigenvalue weighted by molar-refractivity contribution is 5.85. The molecule has 0 saturated heterocycles. The van der Waals surface area contributed by atoms with Crippen molar-refractivity contribution in [3.8, 4) is 0 Å². The van der Waals surface area contributed by atoms with Gasteiger partial charge in [0.25, 0.3) is 0 Å². The van der Waals surface area contributed by atoms with E-state index in [-0.39, 0.29) is 55.9 Å². The van der Waals surface area contributed by atoms with Gasteiger partial charge in [-0.2, -0.15) is 0 Å². The van der Waals surface area contributed by atoms with Crippen LogP contribution in [0.4, 0.5) is 5.69 Å². The second-order valence-corrected chi connectivity index (χ2v) is 6.60. The molecule has 1 aromatic carbocycles. The summed E-state index contributed by atoms with van der Waals surface area (Å²) >= 11 is 0. The summed E-state index contributed by atoms with van der Waals surface area (Å²) in [4.78, 5) is 27.9. The number of aryl methyl sites for hydroxylation is 1. The van der Waals surface area contributed by atoms with Crippen LogP contribution in [0.5, 0.6) is 0 Å². The number of halogens is 2. The molecular weight excluding hydrogens is 415 g/mol. The number of hydrogen-bond donors (Lipinski definition) is 3. The number of pyridine rings is 1. The number of amides is 2. The van der Waals surface area contributed by atoms with Gasteiger partial charge in [0, 0.05) is 24.6 Å². The molecule has 1 aliphatic rings. The lowest BCUT2D eigenvalue weighted by Gasteiger charge is -2.26. The zero-order valence-corrected chi connectivity index (χ0v) is 17.6. The molecule has 3 rings (SSSR count). The Balaban J connectivity index is 0.00000210. The summed E-state index contributed by atoms with van der Waals surface area (Å²) in [6.07, 6.45) is 6.21. The Morgan fingerprint density at radius 1 is 1.17 bits per heavy atom. The molecular formula is C20H26Cl2N4O3. The molecule has 1 aromatic heterocycles. The molecule has 1 atom stereocenters. The summed E-state index contributed by atoms with van der Waals surface area (Å²) in [7, 11) is 0. The maximum Gasteiger partial charge on any atom is 0.246 e. The Bertz CT molecular complexity index is 806. The van der Waals surface area contributed by atoms with Crippen LogP contribution in [0.3, 0.4) is 0 Å². The van der Waals surface area contributed by atoms with Crippen LogP contribution in [0.2, 0.25) is 0 Å². The molecule has 0 spiro atoms. The summed E-state index contributed by atoms with van der Waals surface area (Å²) in [5.41, 5.74) is 9.77. The first-order valence-electron chi connectivity index (χ1n) is 9.03. The van der Waals surface area contributed by atoms with E-state index in [1.54, 1.807) is 18.5 Å². The van der Waals surface area contributed by atoms with Gasteiger partial charge in [0.15, 0.2) is 0 Å². The first kappa shape index (κ1) is 24.7. The first-order valence-corrected chi connectivity index (χ1v) is 9.03. The number of nitrogens with zero attached hydrogens (tertiary/aromatic N) is 1. The van der Waals surface area contributed by atoms with E-state index >= 15 is 0 Å². The number of nitrogen functional groups attached to an aromatic ring is 1. The number of nitrogens with one attached hydrogen (secondary N) is 2. The number of ether oxygens (including phenoxy) is 1. The Morgan fingerprint density at radius 3 is 2.72 bits per heavy atom. The number of fused-ring (bicyclic) bond motifs is 1. The van der Waals surface area contributed by atoms with Gasteiger partial charge in [0.2, 0.25) is 11.8 Å². The predicted molar refractivity (Wildman–Crippen MR) is 116 cm³/mol. The maximum atomic E-state index is 12.1. The van der Waals surface area contributed by atoms with Crippen molar-refractivity contribution >= 4 is 42.3 Å². The van der Waals surface area contributed by atoms with Gasteiger partial charge >= 0.3 is 0 Å². The quantitative estimate of drug-likeness (QED) is 0.572. The fourth-order valence-electron chi connectivity index (χ4n) is 3.21. The minimum atomic E-state index is -0.273. The Morgan fingerprint density at radius 2 is 1.97 bits per heavy atom. The van der Waals surface area contributed by atoms with Gasteiger partial charge in [-0.1, -0.05) is 12.1 Å². The third-order valence-electron chi connectivity index (χ3n) is 4.50. The molecule has 0 saturated carbocycles. The molecule has 2 aromatic rings. The maximum absolute atomic E-state index is 12.1. The van der Waals surface area contributed by atoms with Gasteiger partial charge in [-0.3, -0.25) is 14.6 Å². The molecule has 2 amide bonds. The summed E-state index contributed by atoms with van der Waals surface area (Å²) in [5, 5.41) is 5.71. The van der Waals surface area contributed by atoms with E-state index in [0.29, 0.717) is 6.54 Å². The highest BCUT2D eigenvalue weighted by Gasteiger charge is 2.21. The lowest BCUT2D eigenvalue weighted by atomic mass is 9.87. The smallest absolute Gasteiger partial charge is 0.246 e. The first-order chi connectivity index (χ1) is 13.1. The molecule has 1 unspecified atom stereocenters. The number of rotatable bonds is 7. The average molecular weight is 441 g/mol. The highest BCUT2D eigenvalue weighted by atomic mass is 35.5. The Labute approximate surface area is 182 Å². The number of aromatic nitrogens is 1. The monoisotopic (exact) mass is 440 g/mol. The number of carbonyl (C=O) groups is 2. The second-order valence-electron chi connectivity index (χ2n) is 6.60. The molecule has 7 nitrogen and oxygen atoms in total. The van der Waals surface area contributed by atoms with Gasteiger partial charge < -0.3 is 21.1 Å². The molecule has 29 heavy (non-hydrogen) atoms. The van der Waals surface area contributed by atoms with Crippen molar-refractivity contribution in [1.29, 1.82) is 0 Å². The van der Waals surface area contributed by atoms with E-state index < -0.39 is 0 Å². The van der Waals surface area contributed by atoms with Crippen LogP contribution in [0, 0.1) is 0 Å². The zero-order valence-electron chi connectivity index (χ0n) is 15.9. The van der Waals surface area contributed by atoms with Crippen molar-refractivity contribution in [1.82, 2.24) is 15.6 Å². The van der Waals surface area contributed by atoms with Crippen molar-refractivity contribution in [3.63, 3.8) is 0 Å². The van der Waals surface area contributed by atoms with Crippen molar-refractivity contribution in [2.24, 2.45) is 0 Å². The molecule has 0 aliphatic heterocycles. The highest BCUT2D eigenvalue weighted by Crippen LogP contribution is 2.30. The number of benzene rings is 1. The fraction of sp³-hybridized carbons (Fsp3) is 0.350. The van der Waals surface area contributed by atoms with E-state index in [4.69, 9.17) is 10.5 Å². The number of carbonyl (C=O) groups excluding carboxylic acids is 2. The van der Waals surface area contributed by atoms with E-state index in [0.717, 1.165) is 36.1 Å². The molecule has 0 radical (unpaired) electrons. The number of anilines is 1. The second kappa shape index (κ2) is 12.3. The minimum absolute atomic E-state index is 0.